The quantitative estimate of drug-likeness (QED) is 0.580. The van der Waals surface area contributed by atoms with Gasteiger partial charge in [-0.1, -0.05) is 41.4 Å². The minimum Gasteiger partial charge on any atom is -0.352 e. The number of aromatic nitrogens is 2. The average molecular weight is 486 g/mol. The lowest BCUT2D eigenvalue weighted by Crippen LogP contribution is -2.51. The summed E-state index contributed by atoms with van der Waals surface area (Å²) in [6.07, 6.45) is 2.17. The van der Waals surface area contributed by atoms with Gasteiger partial charge in [0, 0.05) is 37.8 Å². The van der Waals surface area contributed by atoms with Crippen LogP contribution >= 0.6 is 23.2 Å². The number of nitrogens with zero attached hydrogens (tertiary/aromatic N) is 4. The highest BCUT2D eigenvalue weighted by Gasteiger charge is 2.27. The van der Waals surface area contributed by atoms with Crippen molar-refractivity contribution in [3.63, 3.8) is 0 Å². The zero-order valence-electron chi connectivity index (χ0n) is 18.1. The topological polar surface area (TPSA) is 70.5 Å². The van der Waals surface area contributed by atoms with Crippen LogP contribution in [0, 0.1) is 0 Å². The van der Waals surface area contributed by atoms with Gasteiger partial charge in [-0.3, -0.25) is 14.5 Å². The summed E-state index contributed by atoms with van der Waals surface area (Å²) in [7, 11) is 0. The van der Waals surface area contributed by atoms with E-state index in [0.29, 0.717) is 60.2 Å². The van der Waals surface area contributed by atoms with Crippen molar-refractivity contribution >= 4 is 46.0 Å². The first kappa shape index (κ1) is 22.2. The van der Waals surface area contributed by atoms with Crippen molar-refractivity contribution in [3.05, 3.63) is 52.5 Å². The van der Waals surface area contributed by atoms with Crippen LogP contribution in [0.3, 0.4) is 0 Å². The molecule has 0 unspecified atom stereocenters. The lowest BCUT2D eigenvalue weighted by atomic mass is 10.2. The van der Waals surface area contributed by atoms with Crippen LogP contribution in [0.2, 0.25) is 10.0 Å². The van der Waals surface area contributed by atoms with E-state index in [9.17, 15) is 9.59 Å². The third kappa shape index (κ3) is 4.86. The molecule has 172 valence electrons. The second-order valence-electron chi connectivity index (χ2n) is 8.61. The van der Waals surface area contributed by atoms with Crippen molar-refractivity contribution in [2.24, 2.45) is 0 Å². The second kappa shape index (κ2) is 9.33. The van der Waals surface area contributed by atoms with E-state index in [1.165, 1.54) is 0 Å². The summed E-state index contributed by atoms with van der Waals surface area (Å²) in [6, 6.07) is 13.5. The molecule has 0 spiro atoms. The third-order valence-electron chi connectivity index (χ3n) is 6.18. The molecule has 9 heteroatoms. The minimum atomic E-state index is 0.0136. The van der Waals surface area contributed by atoms with E-state index < -0.39 is 0 Å². The number of para-hydroxylation sites is 2. The first-order valence-corrected chi connectivity index (χ1v) is 11.9. The Kier molecular flexibility index (Phi) is 6.27. The molecule has 2 aliphatic rings. The summed E-state index contributed by atoms with van der Waals surface area (Å²) < 4.78 is 1.91. The smallest absolute Gasteiger partial charge is 0.242 e. The number of fused-ring (bicyclic) bond motifs is 1. The lowest BCUT2D eigenvalue weighted by Gasteiger charge is -2.34. The Morgan fingerprint density at radius 3 is 2.48 bits per heavy atom. The van der Waals surface area contributed by atoms with Gasteiger partial charge in [-0.15, -0.1) is 0 Å². The number of halogens is 2. The second-order valence-corrected chi connectivity index (χ2v) is 9.40. The van der Waals surface area contributed by atoms with Crippen LogP contribution in [-0.2, 0) is 16.1 Å². The molecule has 1 N–H and O–H groups in total. The van der Waals surface area contributed by atoms with Crippen LogP contribution in [0.25, 0.3) is 22.4 Å². The Bertz CT molecular complexity index is 1200. The maximum Gasteiger partial charge on any atom is 0.242 e. The molecule has 3 aromatic rings. The van der Waals surface area contributed by atoms with E-state index in [1.807, 2.05) is 45.9 Å². The van der Waals surface area contributed by atoms with Crippen molar-refractivity contribution in [1.29, 1.82) is 0 Å². The first-order chi connectivity index (χ1) is 16.0. The van der Waals surface area contributed by atoms with E-state index in [4.69, 9.17) is 28.2 Å². The van der Waals surface area contributed by atoms with Gasteiger partial charge < -0.3 is 14.8 Å². The van der Waals surface area contributed by atoms with Crippen molar-refractivity contribution < 1.29 is 9.59 Å². The summed E-state index contributed by atoms with van der Waals surface area (Å²) in [6.45, 7) is 3.09. The van der Waals surface area contributed by atoms with Crippen LogP contribution < -0.4 is 5.32 Å². The van der Waals surface area contributed by atoms with E-state index >= 15 is 0 Å². The largest absolute Gasteiger partial charge is 0.352 e. The lowest BCUT2D eigenvalue weighted by molar-refractivity contribution is -0.133. The van der Waals surface area contributed by atoms with Crippen molar-refractivity contribution in [1.82, 2.24) is 24.7 Å². The first-order valence-electron chi connectivity index (χ1n) is 11.2. The van der Waals surface area contributed by atoms with Gasteiger partial charge in [-0.2, -0.15) is 0 Å². The van der Waals surface area contributed by atoms with Crippen LogP contribution in [0.15, 0.2) is 42.5 Å². The zero-order chi connectivity index (χ0) is 22.9. The predicted molar refractivity (Wildman–Crippen MR) is 129 cm³/mol. The van der Waals surface area contributed by atoms with Crippen LogP contribution in [0.1, 0.15) is 12.8 Å². The molecular formula is C24H25Cl2N5O2. The molecule has 33 heavy (non-hydrogen) atoms. The molecule has 1 saturated heterocycles. The average Bonchev–Trinajstić information content (AvgIpc) is 3.55. The molecule has 2 fully saturated rings. The number of amides is 2. The molecule has 0 atom stereocenters. The van der Waals surface area contributed by atoms with E-state index in [2.05, 4.69) is 10.2 Å². The number of hydrogen-bond acceptors (Lipinski definition) is 4. The highest BCUT2D eigenvalue weighted by Crippen LogP contribution is 2.34. The van der Waals surface area contributed by atoms with Crippen molar-refractivity contribution in [3.8, 4) is 11.4 Å². The Morgan fingerprint density at radius 1 is 0.970 bits per heavy atom. The fourth-order valence-electron chi connectivity index (χ4n) is 4.21. The molecular weight excluding hydrogens is 461 g/mol. The SMILES string of the molecule is O=C(CN1CCN(C(=O)Cn2c(-c3cccc(Cl)c3Cl)nc3ccccc32)CC1)NC1CC1. The molecule has 1 aromatic heterocycles. The summed E-state index contributed by atoms with van der Waals surface area (Å²) in [4.78, 5) is 34.0. The maximum absolute atomic E-state index is 13.2. The van der Waals surface area contributed by atoms with Crippen LogP contribution in [0.5, 0.6) is 0 Å². The number of nitrogens with one attached hydrogen (secondary N) is 1. The normalized spacial score (nSPS) is 16.8. The molecule has 2 aromatic carbocycles. The van der Waals surface area contributed by atoms with Crippen molar-refractivity contribution in [2.45, 2.75) is 25.4 Å². The van der Waals surface area contributed by atoms with Gasteiger partial charge in [0.05, 0.1) is 27.6 Å². The highest BCUT2D eigenvalue weighted by molar-refractivity contribution is 6.43. The number of rotatable bonds is 6. The van der Waals surface area contributed by atoms with Gasteiger partial charge in [-0.05, 0) is 37.1 Å². The van der Waals surface area contributed by atoms with Gasteiger partial charge in [0.25, 0.3) is 0 Å². The number of carbonyl (C=O) groups is 2. The monoisotopic (exact) mass is 485 g/mol. The standard InChI is InChI=1S/C24H25Cl2N5O2/c25-18-5-3-4-17(23(18)26)24-28-19-6-1-2-7-20(19)31(24)15-22(33)30-12-10-29(11-13-30)14-21(32)27-16-8-9-16/h1-7,16H,8-15H2,(H,27,32). The Hall–Kier alpha value is -2.61. The molecule has 1 aliphatic carbocycles. The molecule has 2 amide bonds. The predicted octanol–water partition coefficient (Wildman–Crippen LogP) is 3.43. The Labute approximate surface area is 202 Å². The summed E-state index contributed by atoms with van der Waals surface area (Å²) in [5.74, 6) is 0.706. The van der Waals surface area contributed by atoms with Crippen molar-refractivity contribution in [2.75, 3.05) is 32.7 Å². The van der Waals surface area contributed by atoms with Crippen LogP contribution in [-0.4, -0.2) is 69.9 Å². The van der Waals surface area contributed by atoms with Gasteiger partial charge in [0.15, 0.2) is 0 Å². The summed E-state index contributed by atoms with van der Waals surface area (Å²) in [5.41, 5.74) is 2.36. The molecule has 0 radical (unpaired) electrons. The van der Waals surface area contributed by atoms with Gasteiger partial charge >= 0.3 is 0 Å². The summed E-state index contributed by atoms with van der Waals surface area (Å²) in [5, 5.41) is 3.88. The highest BCUT2D eigenvalue weighted by atomic mass is 35.5. The molecule has 5 rings (SSSR count). The molecule has 0 bridgehead atoms. The number of benzene rings is 2. The summed E-state index contributed by atoms with van der Waals surface area (Å²) >= 11 is 12.7. The minimum absolute atomic E-state index is 0.0136. The van der Waals surface area contributed by atoms with E-state index in [-0.39, 0.29) is 18.4 Å². The third-order valence-corrected chi connectivity index (χ3v) is 6.99. The fraction of sp³-hybridized carbons (Fsp3) is 0.375. The molecule has 1 aliphatic heterocycles. The number of carbonyl (C=O) groups excluding carboxylic acids is 2. The molecule has 1 saturated carbocycles. The Balaban J connectivity index is 1.31. The van der Waals surface area contributed by atoms with Crippen LogP contribution in [0.4, 0.5) is 0 Å². The Morgan fingerprint density at radius 2 is 1.73 bits per heavy atom. The molecule has 7 nitrogen and oxygen atoms in total. The molecule has 2 heterocycles. The van der Waals surface area contributed by atoms with Gasteiger partial charge in [0.2, 0.25) is 11.8 Å². The maximum atomic E-state index is 13.2. The zero-order valence-corrected chi connectivity index (χ0v) is 19.6. The fourth-order valence-corrected chi connectivity index (χ4v) is 4.60. The number of piperazine rings is 1. The van der Waals surface area contributed by atoms with E-state index in [1.54, 1.807) is 6.07 Å². The van der Waals surface area contributed by atoms with Gasteiger partial charge in [0.1, 0.15) is 12.4 Å². The number of imidazole rings is 1. The van der Waals surface area contributed by atoms with Gasteiger partial charge in [-0.25, -0.2) is 4.98 Å². The number of hydrogen-bond donors (Lipinski definition) is 1. The van der Waals surface area contributed by atoms with E-state index in [0.717, 1.165) is 23.9 Å².